The van der Waals surface area contributed by atoms with Crippen LogP contribution in [0.2, 0.25) is 20.1 Å². The van der Waals surface area contributed by atoms with Crippen molar-refractivity contribution in [2.75, 3.05) is 12.5 Å². The molecule has 0 heterocycles. The molecule has 0 saturated heterocycles. The molecule has 3 aromatic rings. The fourth-order valence-corrected chi connectivity index (χ4v) is 3.10. The van der Waals surface area contributed by atoms with Crippen molar-refractivity contribution in [2.45, 2.75) is 6.61 Å². The summed E-state index contributed by atoms with van der Waals surface area (Å²) in [4.78, 5) is 0. The normalized spacial score (nSPS) is 10.9. The molecule has 0 bridgehead atoms. The molecule has 0 spiro atoms. The van der Waals surface area contributed by atoms with E-state index in [1.807, 2.05) is 24.3 Å². The van der Waals surface area contributed by atoms with Gasteiger partial charge in [-0.15, -0.1) is 0 Å². The predicted molar refractivity (Wildman–Crippen MR) is 121 cm³/mol. The van der Waals surface area contributed by atoms with Gasteiger partial charge in [0.1, 0.15) is 6.61 Å². The molecule has 150 valence electrons. The number of rotatable bonds is 7. The summed E-state index contributed by atoms with van der Waals surface area (Å²) in [7, 11) is 1.58. The van der Waals surface area contributed by atoms with Crippen molar-refractivity contribution in [1.29, 1.82) is 0 Å². The number of anilines is 1. The van der Waals surface area contributed by atoms with Crippen molar-refractivity contribution in [2.24, 2.45) is 5.10 Å². The highest BCUT2D eigenvalue weighted by atomic mass is 35.5. The summed E-state index contributed by atoms with van der Waals surface area (Å²) in [5, 5.41) is 6.14. The first-order valence-corrected chi connectivity index (χ1v) is 9.97. The average Bonchev–Trinajstić information content (AvgIpc) is 2.72. The number of hydrazone groups is 1. The zero-order chi connectivity index (χ0) is 20.8. The lowest BCUT2D eigenvalue weighted by molar-refractivity contribution is 0.284. The second-order valence-corrected chi connectivity index (χ2v) is 7.54. The molecular formula is C21H16Cl4N2O2. The molecule has 29 heavy (non-hydrogen) atoms. The van der Waals surface area contributed by atoms with Crippen LogP contribution in [-0.2, 0) is 6.61 Å². The Kier molecular flexibility index (Phi) is 7.51. The highest BCUT2D eigenvalue weighted by Gasteiger charge is 2.10. The van der Waals surface area contributed by atoms with E-state index >= 15 is 0 Å². The number of nitrogens with zero attached hydrogens (tertiary/aromatic N) is 1. The van der Waals surface area contributed by atoms with Crippen molar-refractivity contribution in [3.05, 3.63) is 85.8 Å². The lowest BCUT2D eigenvalue weighted by Gasteiger charge is -2.13. The van der Waals surface area contributed by atoms with Crippen LogP contribution in [0.4, 0.5) is 5.69 Å². The minimum absolute atomic E-state index is 0.290. The first-order chi connectivity index (χ1) is 14.0. The summed E-state index contributed by atoms with van der Waals surface area (Å²) in [6, 6.07) is 16.0. The van der Waals surface area contributed by atoms with Crippen LogP contribution in [0, 0.1) is 0 Å². The highest BCUT2D eigenvalue weighted by Crippen LogP contribution is 2.32. The number of halogens is 4. The maximum Gasteiger partial charge on any atom is 0.170 e. The van der Waals surface area contributed by atoms with Gasteiger partial charge in [-0.05, 0) is 48.0 Å². The minimum Gasteiger partial charge on any atom is -0.493 e. The molecule has 0 aliphatic carbocycles. The van der Waals surface area contributed by atoms with Crippen LogP contribution >= 0.6 is 46.4 Å². The molecule has 3 rings (SSSR count). The average molecular weight is 470 g/mol. The van der Waals surface area contributed by atoms with Crippen molar-refractivity contribution >= 4 is 58.3 Å². The van der Waals surface area contributed by atoms with Gasteiger partial charge in [0.2, 0.25) is 0 Å². The van der Waals surface area contributed by atoms with E-state index < -0.39 is 0 Å². The molecule has 1 N–H and O–H groups in total. The third-order valence-corrected chi connectivity index (χ3v) is 5.39. The van der Waals surface area contributed by atoms with Gasteiger partial charge in [0.05, 0.1) is 39.1 Å². The third kappa shape index (κ3) is 5.71. The van der Waals surface area contributed by atoms with Crippen molar-refractivity contribution in [3.8, 4) is 11.5 Å². The summed E-state index contributed by atoms with van der Waals surface area (Å²) >= 11 is 24.0. The molecule has 4 nitrogen and oxygen atoms in total. The molecule has 0 unspecified atom stereocenters. The molecule has 0 amide bonds. The molecule has 3 aromatic carbocycles. The summed E-state index contributed by atoms with van der Waals surface area (Å²) in [6.45, 7) is 0.290. The van der Waals surface area contributed by atoms with Crippen molar-refractivity contribution in [1.82, 2.24) is 0 Å². The van der Waals surface area contributed by atoms with Crippen molar-refractivity contribution in [3.63, 3.8) is 0 Å². The molecule has 0 radical (unpaired) electrons. The quantitative estimate of drug-likeness (QED) is 0.291. The van der Waals surface area contributed by atoms with Crippen LogP contribution in [0.3, 0.4) is 0 Å². The van der Waals surface area contributed by atoms with E-state index in [0.717, 1.165) is 11.1 Å². The Labute approximate surface area is 188 Å². The molecule has 0 fully saturated rings. The maximum atomic E-state index is 6.07. The Hall–Kier alpha value is -2.11. The van der Waals surface area contributed by atoms with E-state index in [2.05, 4.69) is 10.5 Å². The number of nitrogens with one attached hydrogen (secondary N) is 1. The first-order valence-electron chi connectivity index (χ1n) is 8.46. The largest absolute Gasteiger partial charge is 0.493 e. The molecule has 0 saturated carbocycles. The van der Waals surface area contributed by atoms with Crippen LogP contribution in [0.15, 0.2) is 59.7 Å². The Morgan fingerprint density at radius 2 is 1.62 bits per heavy atom. The van der Waals surface area contributed by atoms with Crippen LogP contribution in [-0.4, -0.2) is 13.3 Å². The van der Waals surface area contributed by atoms with Crippen LogP contribution < -0.4 is 14.9 Å². The van der Waals surface area contributed by atoms with Gasteiger partial charge in [-0.2, -0.15) is 5.10 Å². The highest BCUT2D eigenvalue weighted by molar-refractivity contribution is 6.42. The SMILES string of the molecule is COc1cccc(C=NNc2ccc(Cl)c(Cl)c2)c1OCc1ccc(Cl)c(Cl)c1. The number of methoxy groups -OCH3 is 1. The van der Waals surface area contributed by atoms with Crippen LogP contribution in [0.1, 0.15) is 11.1 Å². The molecule has 0 atom stereocenters. The van der Waals surface area contributed by atoms with Gasteiger partial charge in [-0.1, -0.05) is 58.5 Å². The van der Waals surface area contributed by atoms with Crippen LogP contribution in [0.5, 0.6) is 11.5 Å². The Morgan fingerprint density at radius 3 is 2.31 bits per heavy atom. The summed E-state index contributed by atoms with van der Waals surface area (Å²) < 4.78 is 11.4. The van der Waals surface area contributed by atoms with E-state index in [4.69, 9.17) is 55.9 Å². The molecule has 8 heteroatoms. The smallest absolute Gasteiger partial charge is 0.170 e. The van der Waals surface area contributed by atoms with Crippen LogP contribution in [0.25, 0.3) is 0 Å². The van der Waals surface area contributed by atoms with Gasteiger partial charge in [0, 0.05) is 5.56 Å². The topological polar surface area (TPSA) is 42.8 Å². The van der Waals surface area contributed by atoms with Crippen molar-refractivity contribution < 1.29 is 9.47 Å². The lowest BCUT2D eigenvalue weighted by Crippen LogP contribution is -2.01. The van der Waals surface area contributed by atoms with Gasteiger partial charge in [-0.3, -0.25) is 5.43 Å². The lowest BCUT2D eigenvalue weighted by atomic mass is 10.2. The molecule has 0 aliphatic heterocycles. The van der Waals surface area contributed by atoms with E-state index in [1.165, 1.54) is 0 Å². The number of hydrogen-bond donors (Lipinski definition) is 1. The van der Waals surface area contributed by atoms with Gasteiger partial charge in [-0.25, -0.2) is 0 Å². The Bertz CT molecular complexity index is 1040. The predicted octanol–water partition coefficient (Wildman–Crippen LogP) is 7.33. The van der Waals surface area contributed by atoms with Gasteiger partial charge < -0.3 is 9.47 Å². The zero-order valence-corrected chi connectivity index (χ0v) is 18.3. The number of hydrogen-bond acceptors (Lipinski definition) is 4. The number of para-hydroxylation sites is 1. The Balaban J connectivity index is 1.77. The first kappa shape index (κ1) is 21.6. The maximum absolute atomic E-state index is 6.07. The fraction of sp³-hybridized carbons (Fsp3) is 0.0952. The number of benzene rings is 3. The summed E-state index contributed by atoms with van der Waals surface area (Å²) in [5.41, 5.74) is 5.23. The van der Waals surface area contributed by atoms with E-state index in [1.54, 1.807) is 43.7 Å². The Morgan fingerprint density at radius 1 is 0.897 bits per heavy atom. The minimum atomic E-state index is 0.290. The second-order valence-electron chi connectivity index (χ2n) is 5.91. The van der Waals surface area contributed by atoms with E-state index in [-0.39, 0.29) is 0 Å². The van der Waals surface area contributed by atoms with E-state index in [9.17, 15) is 0 Å². The zero-order valence-electron chi connectivity index (χ0n) is 15.3. The fourth-order valence-electron chi connectivity index (χ4n) is 2.48. The summed E-state index contributed by atoms with van der Waals surface area (Å²) in [5.74, 6) is 1.14. The second kappa shape index (κ2) is 10.1. The van der Waals surface area contributed by atoms with E-state index in [0.29, 0.717) is 43.9 Å². The van der Waals surface area contributed by atoms with Gasteiger partial charge in [0.15, 0.2) is 11.5 Å². The molecule has 0 aromatic heterocycles. The third-order valence-electron chi connectivity index (χ3n) is 3.91. The van der Waals surface area contributed by atoms with Gasteiger partial charge in [0.25, 0.3) is 0 Å². The summed E-state index contributed by atoms with van der Waals surface area (Å²) in [6.07, 6.45) is 1.63. The molecule has 0 aliphatic rings. The standard InChI is InChI=1S/C21H16Cl4N2O2/c1-28-20-4-2-3-14(11-26-27-15-6-8-17(23)19(25)10-15)21(20)29-12-13-5-7-16(22)18(24)9-13/h2-11,27H,12H2,1H3. The number of ether oxygens (including phenoxy) is 2. The monoisotopic (exact) mass is 468 g/mol. The van der Waals surface area contributed by atoms with Gasteiger partial charge >= 0.3 is 0 Å². The molecular weight excluding hydrogens is 454 g/mol.